The number of nitrogens with two attached hydrogens (primary N) is 1. The van der Waals surface area contributed by atoms with E-state index >= 15 is 0 Å². The molecule has 0 heterocycles. The molecular weight excluding hydrogens is 286 g/mol. The highest BCUT2D eigenvalue weighted by molar-refractivity contribution is 6.30. The van der Waals surface area contributed by atoms with Crippen molar-refractivity contribution in [2.75, 3.05) is 0 Å². The third-order valence-electron chi connectivity index (χ3n) is 3.42. The first-order valence-corrected chi connectivity index (χ1v) is 7.05. The zero-order valence-corrected chi connectivity index (χ0v) is 13.1. The summed E-state index contributed by atoms with van der Waals surface area (Å²) in [5.74, 6) is -0.117. The van der Waals surface area contributed by atoms with Crippen molar-refractivity contribution in [1.82, 2.24) is 0 Å². The van der Waals surface area contributed by atoms with Crippen LogP contribution in [0.5, 0.6) is 5.75 Å². The summed E-state index contributed by atoms with van der Waals surface area (Å²) in [5, 5.41) is 0.507. The molecule has 0 saturated carbocycles. The van der Waals surface area contributed by atoms with Gasteiger partial charge in [0.2, 0.25) is 0 Å². The number of halogens is 1. The van der Waals surface area contributed by atoms with Crippen molar-refractivity contribution in [3.05, 3.63) is 63.2 Å². The Morgan fingerprint density at radius 1 is 1.14 bits per heavy atom. The fourth-order valence-corrected chi connectivity index (χ4v) is 2.57. The molecule has 21 heavy (non-hydrogen) atoms. The molecule has 0 saturated heterocycles. The molecule has 0 fully saturated rings. The Kier molecular flexibility index (Phi) is 4.53. The smallest absolute Gasteiger partial charge is 0.252 e. The monoisotopic (exact) mass is 303 g/mol. The molecule has 2 N–H and O–H groups in total. The first kappa shape index (κ1) is 15.4. The fraction of sp³-hybridized carbons (Fsp3) is 0.235. The van der Waals surface area contributed by atoms with E-state index < -0.39 is 5.91 Å². The largest absolute Gasteiger partial charge is 0.488 e. The molecule has 4 heteroatoms. The Morgan fingerprint density at radius 3 is 2.33 bits per heavy atom. The molecule has 2 aromatic carbocycles. The molecular formula is C17H18ClNO2. The van der Waals surface area contributed by atoms with Gasteiger partial charge >= 0.3 is 0 Å². The van der Waals surface area contributed by atoms with Crippen LogP contribution in [0.4, 0.5) is 0 Å². The summed E-state index contributed by atoms with van der Waals surface area (Å²) in [6.45, 7) is 6.53. The number of hydrogen-bond acceptors (Lipinski definition) is 2. The normalized spacial score (nSPS) is 10.5. The van der Waals surface area contributed by atoms with Crippen molar-refractivity contribution in [1.29, 1.82) is 0 Å². The van der Waals surface area contributed by atoms with Crippen LogP contribution >= 0.6 is 11.6 Å². The summed E-state index contributed by atoms with van der Waals surface area (Å²) in [6, 6.07) is 9.03. The van der Waals surface area contributed by atoms with Crippen LogP contribution in [0.2, 0.25) is 5.02 Å². The maximum atomic E-state index is 11.4. The lowest BCUT2D eigenvalue weighted by molar-refractivity contribution is 0.0996. The Bertz CT molecular complexity index is 672. The molecule has 1 amide bonds. The van der Waals surface area contributed by atoms with Gasteiger partial charge in [-0.15, -0.1) is 0 Å². The van der Waals surface area contributed by atoms with Crippen LogP contribution in [0.25, 0.3) is 0 Å². The second kappa shape index (κ2) is 6.19. The highest BCUT2D eigenvalue weighted by atomic mass is 35.5. The summed E-state index contributed by atoms with van der Waals surface area (Å²) in [5.41, 5.74) is 10.3. The fourth-order valence-electron chi connectivity index (χ4n) is 2.41. The molecule has 0 aliphatic rings. The van der Waals surface area contributed by atoms with Gasteiger partial charge in [0.1, 0.15) is 12.4 Å². The van der Waals surface area contributed by atoms with E-state index in [0.29, 0.717) is 22.9 Å². The van der Waals surface area contributed by atoms with Crippen LogP contribution in [0.15, 0.2) is 30.3 Å². The molecule has 0 aromatic heterocycles. The molecule has 0 aliphatic carbocycles. The highest BCUT2D eigenvalue weighted by Crippen LogP contribution is 2.25. The number of hydrogen-bond donors (Lipinski definition) is 1. The molecule has 0 atom stereocenters. The first-order valence-electron chi connectivity index (χ1n) is 6.67. The first-order chi connectivity index (χ1) is 9.88. The molecule has 110 valence electrons. The van der Waals surface area contributed by atoms with Crippen molar-refractivity contribution in [2.45, 2.75) is 27.4 Å². The summed E-state index contributed by atoms with van der Waals surface area (Å²) in [6.07, 6.45) is 0. The van der Waals surface area contributed by atoms with E-state index in [1.54, 1.807) is 18.2 Å². The topological polar surface area (TPSA) is 52.3 Å². The third-order valence-corrected chi connectivity index (χ3v) is 3.66. The van der Waals surface area contributed by atoms with Gasteiger partial charge in [-0.3, -0.25) is 4.79 Å². The van der Waals surface area contributed by atoms with E-state index in [0.717, 1.165) is 16.7 Å². The highest BCUT2D eigenvalue weighted by Gasteiger charge is 2.12. The van der Waals surface area contributed by atoms with Gasteiger partial charge in [-0.1, -0.05) is 29.3 Å². The van der Waals surface area contributed by atoms with Gasteiger partial charge in [0.25, 0.3) is 5.91 Å². The average Bonchev–Trinajstić information content (AvgIpc) is 2.37. The van der Waals surface area contributed by atoms with Crippen LogP contribution in [0.1, 0.15) is 32.6 Å². The standard InChI is InChI=1S/C17H18ClNO2/c1-10-6-11(2)15(12(3)7-10)9-21-16-8-13(18)4-5-14(16)17(19)20/h4-8H,9H2,1-3H3,(H2,19,20). The molecule has 0 unspecified atom stereocenters. The lowest BCUT2D eigenvalue weighted by Gasteiger charge is -2.14. The lowest BCUT2D eigenvalue weighted by atomic mass is 10.0. The van der Waals surface area contributed by atoms with Crippen molar-refractivity contribution in [3.63, 3.8) is 0 Å². The molecule has 0 bridgehead atoms. The van der Waals surface area contributed by atoms with Gasteiger partial charge in [-0.2, -0.15) is 0 Å². The maximum absolute atomic E-state index is 11.4. The van der Waals surface area contributed by atoms with Gasteiger partial charge in [-0.25, -0.2) is 0 Å². The van der Waals surface area contributed by atoms with E-state index in [9.17, 15) is 4.79 Å². The van der Waals surface area contributed by atoms with Crippen molar-refractivity contribution >= 4 is 17.5 Å². The minimum atomic E-state index is -0.529. The van der Waals surface area contributed by atoms with Crippen LogP contribution in [-0.4, -0.2) is 5.91 Å². The SMILES string of the molecule is Cc1cc(C)c(COc2cc(Cl)ccc2C(N)=O)c(C)c1. The van der Waals surface area contributed by atoms with Gasteiger partial charge in [0.15, 0.2) is 0 Å². The number of carbonyl (C=O) groups excluding carboxylic acids is 1. The van der Waals surface area contributed by atoms with Gasteiger partial charge in [-0.05, 0) is 55.7 Å². The zero-order chi connectivity index (χ0) is 15.6. The minimum absolute atomic E-state index is 0.335. The molecule has 3 nitrogen and oxygen atoms in total. The Labute approximate surface area is 129 Å². The zero-order valence-electron chi connectivity index (χ0n) is 12.4. The molecule has 2 rings (SSSR count). The number of aryl methyl sites for hydroxylation is 3. The van der Waals surface area contributed by atoms with Gasteiger partial charge in [0.05, 0.1) is 5.56 Å². The van der Waals surface area contributed by atoms with Crippen LogP contribution in [0.3, 0.4) is 0 Å². The predicted octanol–water partition coefficient (Wildman–Crippen LogP) is 3.94. The Morgan fingerprint density at radius 2 is 1.76 bits per heavy atom. The Hall–Kier alpha value is -2.00. The minimum Gasteiger partial charge on any atom is -0.488 e. The number of rotatable bonds is 4. The maximum Gasteiger partial charge on any atom is 0.252 e. The second-order valence-corrected chi connectivity index (χ2v) is 5.61. The summed E-state index contributed by atoms with van der Waals surface area (Å²) in [4.78, 5) is 11.4. The molecule has 0 radical (unpaired) electrons. The lowest BCUT2D eigenvalue weighted by Crippen LogP contribution is -2.13. The molecule has 0 aliphatic heterocycles. The molecule has 0 spiro atoms. The summed E-state index contributed by atoms with van der Waals surface area (Å²) in [7, 11) is 0. The van der Waals surface area contributed by atoms with E-state index in [1.165, 1.54) is 5.56 Å². The van der Waals surface area contributed by atoms with Crippen LogP contribution in [-0.2, 0) is 6.61 Å². The van der Waals surface area contributed by atoms with Crippen molar-refractivity contribution in [2.24, 2.45) is 5.73 Å². The average molecular weight is 304 g/mol. The van der Waals surface area contributed by atoms with E-state index in [2.05, 4.69) is 19.1 Å². The van der Waals surface area contributed by atoms with Crippen LogP contribution < -0.4 is 10.5 Å². The van der Waals surface area contributed by atoms with Gasteiger partial charge < -0.3 is 10.5 Å². The van der Waals surface area contributed by atoms with E-state index in [4.69, 9.17) is 22.1 Å². The Balaban J connectivity index is 2.28. The van der Waals surface area contributed by atoms with Gasteiger partial charge in [0, 0.05) is 5.02 Å². The van der Waals surface area contributed by atoms with Crippen molar-refractivity contribution in [3.8, 4) is 5.75 Å². The number of primary amides is 1. The van der Waals surface area contributed by atoms with Crippen molar-refractivity contribution < 1.29 is 9.53 Å². The summed E-state index contributed by atoms with van der Waals surface area (Å²) < 4.78 is 5.78. The summed E-state index contributed by atoms with van der Waals surface area (Å²) >= 11 is 5.95. The van der Waals surface area contributed by atoms with Crippen LogP contribution in [0, 0.1) is 20.8 Å². The van der Waals surface area contributed by atoms with E-state index in [1.807, 2.05) is 13.8 Å². The second-order valence-electron chi connectivity index (χ2n) is 5.17. The number of amides is 1. The molecule has 2 aromatic rings. The number of benzene rings is 2. The van der Waals surface area contributed by atoms with E-state index in [-0.39, 0.29) is 0 Å². The number of carbonyl (C=O) groups is 1. The third kappa shape index (κ3) is 3.56. The quantitative estimate of drug-likeness (QED) is 0.930. The number of ether oxygens (including phenoxy) is 1. The predicted molar refractivity (Wildman–Crippen MR) is 85.0 cm³/mol.